The van der Waals surface area contributed by atoms with E-state index < -0.39 is 15.9 Å². The van der Waals surface area contributed by atoms with Gasteiger partial charge in [-0.25, -0.2) is 18.4 Å². The minimum Gasteiger partial charge on any atom is -0.360 e. The molecule has 1 amide bonds. The summed E-state index contributed by atoms with van der Waals surface area (Å²) in [5.74, 6) is -0.149. The van der Waals surface area contributed by atoms with Crippen molar-refractivity contribution in [1.29, 1.82) is 0 Å². The zero-order chi connectivity index (χ0) is 19.9. The molecule has 28 heavy (non-hydrogen) atoms. The highest BCUT2D eigenvalue weighted by Crippen LogP contribution is 2.32. The minimum atomic E-state index is -3.73. The smallest absolute Gasteiger partial charge is 0.277 e. The number of aromatic nitrogens is 4. The molecule has 0 bridgehead atoms. The van der Waals surface area contributed by atoms with E-state index in [1.54, 1.807) is 13.8 Å². The molecule has 0 aromatic carbocycles. The van der Waals surface area contributed by atoms with Gasteiger partial charge in [0.1, 0.15) is 16.3 Å². The molecular formula is C16H16N6O4S2. The van der Waals surface area contributed by atoms with Crippen LogP contribution in [0, 0.1) is 13.8 Å². The van der Waals surface area contributed by atoms with E-state index in [1.807, 2.05) is 0 Å². The maximum Gasteiger partial charge on any atom is 0.277 e. The summed E-state index contributed by atoms with van der Waals surface area (Å²) in [6, 6.07) is 0. The first-order chi connectivity index (χ1) is 13.4. The molecule has 0 spiro atoms. The molecule has 12 heteroatoms. The van der Waals surface area contributed by atoms with Crippen molar-refractivity contribution in [1.82, 2.24) is 24.4 Å². The molecule has 1 N–H and O–H groups in total. The van der Waals surface area contributed by atoms with Crippen molar-refractivity contribution in [3.8, 4) is 0 Å². The molecule has 0 fully saturated rings. The van der Waals surface area contributed by atoms with Crippen LogP contribution in [0.25, 0.3) is 0 Å². The number of hydrogen-bond acceptors (Lipinski definition) is 9. The maximum atomic E-state index is 13.0. The van der Waals surface area contributed by atoms with E-state index in [1.165, 1.54) is 34.2 Å². The second kappa shape index (κ2) is 7.04. The molecule has 0 saturated carbocycles. The number of rotatable bonds is 4. The summed E-state index contributed by atoms with van der Waals surface area (Å²) in [4.78, 5) is 25.3. The topological polar surface area (TPSA) is 131 Å². The SMILES string of the molecule is Cc1noc(C)c1S(=O)(=O)N1CCc2nc(NC(=O)c3cnccn3)sc2C1. The van der Waals surface area contributed by atoms with Gasteiger partial charge in [0.2, 0.25) is 10.0 Å². The Labute approximate surface area is 164 Å². The number of amides is 1. The normalized spacial score (nSPS) is 14.6. The van der Waals surface area contributed by atoms with Crippen LogP contribution in [0.4, 0.5) is 5.13 Å². The lowest BCUT2D eigenvalue weighted by Crippen LogP contribution is -2.36. The Balaban J connectivity index is 1.54. The quantitative estimate of drug-likeness (QED) is 0.672. The molecule has 10 nitrogen and oxygen atoms in total. The summed E-state index contributed by atoms with van der Waals surface area (Å²) >= 11 is 1.25. The standard InChI is InChI=1S/C16H16N6O4S2/c1-9-14(10(2)26-21-9)28(24,25)22-6-3-11-13(8-22)27-16(19-11)20-15(23)12-7-17-4-5-18-12/h4-5,7H,3,6,8H2,1-2H3,(H,19,20,23). The van der Waals surface area contributed by atoms with Crippen LogP contribution in [-0.4, -0.2) is 45.3 Å². The van der Waals surface area contributed by atoms with Crippen molar-refractivity contribution in [3.63, 3.8) is 0 Å². The van der Waals surface area contributed by atoms with Gasteiger partial charge in [0.25, 0.3) is 5.91 Å². The van der Waals surface area contributed by atoms with Gasteiger partial charge < -0.3 is 4.52 Å². The van der Waals surface area contributed by atoms with Crippen molar-refractivity contribution in [2.75, 3.05) is 11.9 Å². The molecule has 4 heterocycles. The van der Waals surface area contributed by atoms with Crippen molar-refractivity contribution < 1.29 is 17.7 Å². The first-order valence-corrected chi connectivity index (χ1v) is 10.6. The summed E-state index contributed by atoms with van der Waals surface area (Å²) in [6.45, 7) is 3.65. The van der Waals surface area contributed by atoms with Crippen LogP contribution in [0.5, 0.6) is 0 Å². The van der Waals surface area contributed by atoms with Crippen LogP contribution in [0.2, 0.25) is 0 Å². The largest absolute Gasteiger partial charge is 0.360 e. The van der Waals surface area contributed by atoms with E-state index in [0.29, 0.717) is 23.8 Å². The first kappa shape index (κ1) is 18.7. The second-order valence-electron chi connectivity index (χ2n) is 6.18. The lowest BCUT2D eigenvalue weighted by atomic mass is 10.2. The molecule has 0 unspecified atom stereocenters. The predicted octanol–water partition coefficient (Wildman–Crippen LogP) is 1.54. The molecule has 0 atom stereocenters. The minimum absolute atomic E-state index is 0.108. The highest BCUT2D eigenvalue weighted by atomic mass is 32.2. The maximum absolute atomic E-state index is 13.0. The summed E-state index contributed by atoms with van der Waals surface area (Å²) in [6.07, 6.45) is 4.72. The average Bonchev–Trinajstić information content (AvgIpc) is 3.23. The molecule has 146 valence electrons. The van der Waals surface area contributed by atoms with E-state index in [4.69, 9.17) is 4.52 Å². The van der Waals surface area contributed by atoms with E-state index in [9.17, 15) is 13.2 Å². The molecule has 3 aromatic heterocycles. The van der Waals surface area contributed by atoms with Gasteiger partial charge in [0.05, 0.1) is 18.4 Å². The summed E-state index contributed by atoms with van der Waals surface area (Å²) < 4.78 is 32.4. The first-order valence-electron chi connectivity index (χ1n) is 8.35. The number of hydrogen-bond donors (Lipinski definition) is 1. The van der Waals surface area contributed by atoms with Gasteiger partial charge in [-0.1, -0.05) is 5.16 Å². The fraction of sp³-hybridized carbons (Fsp3) is 0.312. The zero-order valence-electron chi connectivity index (χ0n) is 15.0. The Hall–Kier alpha value is -2.70. The van der Waals surface area contributed by atoms with Gasteiger partial charge in [-0.2, -0.15) is 4.31 Å². The molecular weight excluding hydrogens is 404 g/mol. The predicted molar refractivity (Wildman–Crippen MR) is 99.4 cm³/mol. The fourth-order valence-corrected chi connectivity index (χ4v) is 5.78. The number of fused-ring (bicyclic) bond motifs is 1. The van der Waals surface area contributed by atoms with E-state index in [0.717, 1.165) is 10.6 Å². The summed E-state index contributed by atoms with van der Waals surface area (Å²) in [5, 5.41) is 6.83. The Morgan fingerprint density at radius 3 is 2.82 bits per heavy atom. The number of nitrogens with one attached hydrogen (secondary N) is 1. The molecule has 0 aliphatic carbocycles. The zero-order valence-corrected chi connectivity index (χ0v) is 16.7. The number of nitrogens with zero attached hydrogens (tertiary/aromatic N) is 5. The van der Waals surface area contributed by atoms with E-state index in [2.05, 4.69) is 25.4 Å². The van der Waals surface area contributed by atoms with Crippen LogP contribution in [-0.2, 0) is 23.0 Å². The van der Waals surface area contributed by atoms with Gasteiger partial charge in [0.15, 0.2) is 10.9 Å². The molecule has 0 saturated heterocycles. The third kappa shape index (κ3) is 3.30. The molecule has 3 aromatic rings. The Morgan fingerprint density at radius 2 is 2.14 bits per heavy atom. The third-order valence-corrected chi connectivity index (χ3v) is 7.37. The molecule has 1 aliphatic heterocycles. The average molecular weight is 420 g/mol. The van der Waals surface area contributed by atoms with Crippen LogP contribution in [0.3, 0.4) is 0 Å². The molecule has 0 radical (unpaired) electrons. The van der Waals surface area contributed by atoms with Crippen molar-refractivity contribution in [2.45, 2.75) is 31.7 Å². The number of carbonyl (C=O) groups is 1. The second-order valence-corrected chi connectivity index (χ2v) is 9.13. The van der Waals surface area contributed by atoms with E-state index in [-0.39, 0.29) is 22.9 Å². The highest BCUT2D eigenvalue weighted by Gasteiger charge is 2.34. The van der Waals surface area contributed by atoms with Crippen LogP contribution in [0.1, 0.15) is 32.5 Å². The van der Waals surface area contributed by atoms with Gasteiger partial charge in [-0.05, 0) is 13.8 Å². The van der Waals surface area contributed by atoms with Crippen molar-refractivity contribution >= 4 is 32.4 Å². The lowest BCUT2D eigenvalue weighted by molar-refractivity contribution is 0.102. The van der Waals surface area contributed by atoms with Gasteiger partial charge in [-0.3, -0.25) is 15.1 Å². The Bertz CT molecular complexity index is 1120. The van der Waals surface area contributed by atoms with Crippen molar-refractivity contribution in [3.05, 3.63) is 46.3 Å². The van der Waals surface area contributed by atoms with Gasteiger partial charge >= 0.3 is 0 Å². The van der Waals surface area contributed by atoms with E-state index >= 15 is 0 Å². The lowest BCUT2D eigenvalue weighted by Gasteiger charge is -2.25. The number of sulfonamides is 1. The van der Waals surface area contributed by atoms with Crippen LogP contribution < -0.4 is 5.32 Å². The Kier molecular flexibility index (Phi) is 4.69. The third-order valence-electron chi connectivity index (χ3n) is 4.28. The summed E-state index contributed by atoms with van der Waals surface area (Å²) in [5.41, 5.74) is 1.30. The summed E-state index contributed by atoms with van der Waals surface area (Å²) in [7, 11) is -3.73. The monoisotopic (exact) mass is 420 g/mol. The molecule has 1 aliphatic rings. The van der Waals surface area contributed by atoms with Crippen molar-refractivity contribution in [2.24, 2.45) is 0 Å². The van der Waals surface area contributed by atoms with Crippen LogP contribution >= 0.6 is 11.3 Å². The number of carbonyl (C=O) groups excluding carboxylic acids is 1. The highest BCUT2D eigenvalue weighted by molar-refractivity contribution is 7.89. The number of thiazole rings is 1. The Morgan fingerprint density at radius 1 is 1.32 bits per heavy atom. The number of anilines is 1. The van der Waals surface area contributed by atoms with Gasteiger partial charge in [0, 0.05) is 30.2 Å². The van der Waals surface area contributed by atoms with Crippen LogP contribution in [0.15, 0.2) is 28.0 Å². The van der Waals surface area contributed by atoms with Gasteiger partial charge in [-0.15, -0.1) is 11.3 Å². The number of aryl methyl sites for hydroxylation is 2. The molecule has 4 rings (SSSR count). The fourth-order valence-electron chi connectivity index (χ4n) is 2.98.